The summed E-state index contributed by atoms with van der Waals surface area (Å²) in [5.74, 6) is 0.614. The van der Waals surface area contributed by atoms with Gasteiger partial charge in [-0.1, -0.05) is 0 Å². The van der Waals surface area contributed by atoms with Gasteiger partial charge in [0.15, 0.2) is 0 Å². The zero-order chi connectivity index (χ0) is 11.5. The van der Waals surface area contributed by atoms with Crippen molar-refractivity contribution < 1.29 is 9.47 Å². The second-order valence-electron chi connectivity index (χ2n) is 4.53. The zero-order valence-corrected chi connectivity index (χ0v) is 9.82. The number of nitrogens with zero attached hydrogens (tertiary/aromatic N) is 2. The molecule has 92 valence electrons. The Morgan fingerprint density at radius 1 is 1.47 bits per heavy atom. The normalized spacial score (nSPS) is 23.4. The first-order valence-corrected chi connectivity index (χ1v) is 6.22. The van der Waals surface area contributed by atoms with Crippen molar-refractivity contribution in [2.45, 2.75) is 31.9 Å². The number of fused-ring (bicyclic) bond motifs is 1. The van der Waals surface area contributed by atoms with E-state index in [0.717, 1.165) is 44.7 Å². The molecule has 1 N–H and O–H groups in total. The molecule has 0 saturated carbocycles. The Balaban J connectivity index is 1.62. The SMILES string of the molecule is c1c(OC[C@@H]2CCCO2)nnc2c1CNCC2. The van der Waals surface area contributed by atoms with Gasteiger partial charge in [0.25, 0.3) is 0 Å². The molecule has 0 amide bonds. The van der Waals surface area contributed by atoms with E-state index < -0.39 is 0 Å². The van der Waals surface area contributed by atoms with Gasteiger partial charge in [-0.2, -0.15) is 5.10 Å². The number of hydrogen-bond donors (Lipinski definition) is 1. The molecule has 0 aliphatic carbocycles. The summed E-state index contributed by atoms with van der Waals surface area (Å²) in [4.78, 5) is 0. The van der Waals surface area contributed by atoms with E-state index in [9.17, 15) is 0 Å². The highest BCUT2D eigenvalue weighted by molar-refractivity contribution is 5.26. The van der Waals surface area contributed by atoms with E-state index in [1.165, 1.54) is 5.56 Å². The van der Waals surface area contributed by atoms with Crippen molar-refractivity contribution in [3.8, 4) is 5.88 Å². The monoisotopic (exact) mass is 235 g/mol. The topological polar surface area (TPSA) is 56.3 Å². The predicted octanol–water partition coefficient (Wildman–Crippen LogP) is 0.680. The van der Waals surface area contributed by atoms with E-state index >= 15 is 0 Å². The molecule has 1 fully saturated rings. The van der Waals surface area contributed by atoms with E-state index in [4.69, 9.17) is 9.47 Å². The molecule has 1 aromatic heterocycles. The minimum absolute atomic E-state index is 0.228. The number of nitrogens with one attached hydrogen (secondary N) is 1. The largest absolute Gasteiger partial charge is 0.474 e. The van der Waals surface area contributed by atoms with Crippen LogP contribution in [-0.2, 0) is 17.7 Å². The molecule has 0 aromatic carbocycles. The summed E-state index contributed by atoms with van der Waals surface area (Å²) in [7, 11) is 0. The Kier molecular flexibility index (Phi) is 3.20. The summed E-state index contributed by atoms with van der Waals surface area (Å²) >= 11 is 0. The van der Waals surface area contributed by atoms with Crippen LogP contribution in [-0.4, -0.2) is 36.1 Å². The van der Waals surface area contributed by atoms with Crippen molar-refractivity contribution in [2.75, 3.05) is 19.8 Å². The Morgan fingerprint density at radius 3 is 3.35 bits per heavy atom. The van der Waals surface area contributed by atoms with Gasteiger partial charge < -0.3 is 14.8 Å². The van der Waals surface area contributed by atoms with Crippen LogP contribution in [0, 0.1) is 0 Å². The van der Waals surface area contributed by atoms with Gasteiger partial charge in [0.2, 0.25) is 5.88 Å². The summed E-state index contributed by atoms with van der Waals surface area (Å²) in [6.45, 7) is 3.29. The summed E-state index contributed by atoms with van der Waals surface area (Å²) in [5, 5.41) is 11.6. The molecule has 5 heteroatoms. The molecule has 0 unspecified atom stereocenters. The molecule has 17 heavy (non-hydrogen) atoms. The quantitative estimate of drug-likeness (QED) is 0.835. The van der Waals surface area contributed by atoms with Crippen LogP contribution >= 0.6 is 0 Å². The average Bonchev–Trinajstić information content (AvgIpc) is 2.89. The minimum atomic E-state index is 0.228. The molecule has 3 rings (SSSR count). The molecule has 0 bridgehead atoms. The molecule has 1 aromatic rings. The number of ether oxygens (including phenoxy) is 2. The Hall–Kier alpha value is -1.20. The number of aromatic nitrogens is 2. The third-order valence-corrected chi connectivity index (χ3v) is 3.23. The molecule has 5 nitrogen and oxygen atoms in total. The van der Waals surface area contributed by atoms with Crippen molar-refractivity contribution >= 4 is 0 Å². The summed E-state index contributed by atoms with van der Waals surface area (Å²) in [5.41, 5.74) is 2.29. The maximum Gasteiger partial charge on any atom is 0.233 e. The molecule has 1 atom stereocenters. The Bertz CT molecular complexity index is 391. The van der Waals surface area contributed by atoms with Crippen molar-refractivity contribution in [3.05, 3.63) is 17.3 Å². The molecule has 3 heterocycles. The van der Waals surface area contributed by atoms with Crippen LogP contribution < -0.4 is 10.1 Å². The lowest BCUT2D eigenvalue weighted by atomic mass is 10.1. The number of hydrogen-bond acceptors (Lipinski definition) is 5. The Morgan fingerprint density at radius 2 is 2.47 bits per heavy atom. The van der Waals surface area contributed by atoms with Crippen LogP contribution in [0.2, 0.25) is 0 Å². The van der Waals surface area contributed by atoms with Crippen LogP contribution in [0.15, 0.2) is 6.07 Å². The molecule has 0 radical (unpaired) electrons. The van der Waals surface area contributed by atoms with Gasteiger partial charge in [-0.3, -0.25) is 0 Å². The highest BCUT2D eigenvalue weighted by atomic mass is 16.5. The van der Waals surface area contributed by atoms with Gasteiger partial charge in [0, 0.05) is 32.2 Å². The van der Waals surface area contributed by atoms with Gasteiger partial charge in [0.1, 0.15) is 6.61 Å². The van der Waals surface area contributed by atoms with Gasteiger partial charge in [-0.05, 0) is 18.4 Å². The maximum absolute atomic E-state index is 5.63. The lowest BCUT2D eigenvalue weighted by Crippen LogP contribution is -2.25. The van der Waals surface area contributed by atoms with Crippen molar-refractivity contribution in [1.82, 2.24) is 15.5 Å². The van der Waals surface area contributed by atoms with E-state index in [2.05, 4.69) is 15.5 Å². The average molecular weight is 235 g/mol. The van der Waals surface area contributed by atoms with Gasteiger partial charge >= 0.3 is 0 Å². The summed E-state index contributed by atoms with van der Waals surface area (Å²) < 4.78 is 11.1. The molecular formula is C12H17N3O2. The second kappa shape index (κ2) is 4.98. The summed E-state index contributed by atoms with van der Waals surface area (Å²) in [6, 6.07) is 1.99. The highest BCUT2D eigenvalue weighted by Crippen LogP contribution is 2.17. The lowest BCUT2D eigenvalue weighted by Gasteiger charge is -2.16. The van der Waals surface area contributed by atoms with Crippen molar-refractivity contribution in [2.24, 2.45) is 0 Å². The van der Waals surface area contributed by atoms with Gasteiger partial charge in [0.05, 0.1) is 11.8 Å². The number of rotatable bonds is 3. The molecule has 2 aliphatic heterocycles. The van der Waals surface area contributed by atoms with E-state index in [1.54, 1.807) is 0 Å². The van der Waals surface area contributed by atoms with Crippen LogP contribution in [0.25, 0.3) is 0 Å². The molecule has 1 saturated heterocycles. The van der Waals surface area contributed by atoms with E-state index in [-0.39, 0.29) is 6.10 Å². The predicted molar refractivity (Wildman–Crippen MR) is 61.9 cm³/mol. The zero-order valence-electron chi connectivity index (χ0n) is 9.82. The first kappa shape index (κ1) is 10.9. The second-order valence-corrected chi connectivity index (χ2v) is 4.53. The molecule has 0 spiro atoms. The third-order valence-electron chi connectivity index (χ3n) is 3.23. The fourth-order valence-electron chi connectivity index (χ4n) is 2.25. The fourth-order valence-corrected chi connectivity index (χ4v) is 2.25. The standard InChI is InChI=1S/C12H17N3O2/c1-2-10(16-5-1)8-17-12-6-9-7-13-4-3-11(9)14-15-12/h6,10,13H,1-5,7-8H2/t10-/m0/s1. The van der Waals surface area contributed by atoms with Crippen molar-refractivity contribution in [3.63, 3.8) is 0 Å². The maximum atomic E-state index is 5.63. The fraction of sp³-hybridized carbons (Fsp3) is 0.667. The highest BCUT2D eigenvalue weighted by Gasteiger charge is 2.17. The Labute approximate surface area is 101 Å². The third kappa shape index (κ3) is 2.56. The summed E-state index contributed by atoms with van der Waals surface area (Å²) in [6.07, 6.45) is 3.40. The van der Waals surface area contributed by atoms with Crippen LogP contribution in [0.4, 0.5) is 0 Å². The first-order chi connectivity index (χ1) is 8.42. The molecular weight excluding hydrogens is 218 g/mol. The van der Waals surface area contributed by atoms with Crippen LogP contribution in [0.5, 0.6) is 5.88 Å². The van der Waals surface area contributed by atoms with E-state index in [0.29, 0.717) is 12.5 Å². The lowest BCUT2D eigenvalue weighted by molar-refractivity contribution is 0.0659. The van der Waals surface area contributed by atoms with Gasteiger partial charge in [-0.25, -0.2) is 0 Å². The van der Waals surface area contributed by atoms with E-state index in [1.807, 2.05) is 6.07 Å². The molecule has 2 aliphatic rings. The first-order valence-electron chi connectivity index (χ1n) is 6.22. The van der Waals surface area contributed by atoms with Crippen LogP contribution in [0.1, 0.15) is 24.1 Å². The van der Waals surface area contributed by atoms with Gasteiger partial charge in [-0.15, -0.1) is 5.10 Å². The minimum Gasteiger partial charge on any atom is -0.474 e. The van der Waals surface area contributed by atoms with Crippen molar-refractivity contribution in [1.29, 1.82) is 0 Å². The van der Waals surface area contributed by atoms with Crippen LogP contribution in [0.3, 0.4) is 0 Å². The smallest absolute Gasteiger partial charge is 0.233 e.